The standard InChI is InChI=1S/C18H17F3/c19-18(20,21)16-10-8-15(9-11-16)17(12-4-5-13-17)14-6-2-1-3-7-14/h1-3,6-11H,4-5,12-13H2. The van der Waals surface area contributed by atoms with Gasteiger partial charge in [0.25, 0.3) is 0 Å². The Morgan fingerprint density at radius 1 is 0.714 bits per heavy atom. The van der Waals surface area contributed by atoms with E-state index in [0.29, 0.717) is 0 Å². The molecule has 21 heavy (non-hydrogen) atoms. The van der Waals surface area contributed by atoms with E-state index in [1.165, 1.54) is 17.7 Å². The zero-order valence-corrected chi connectivity index (χ0v) is 11.7. The molecular weight excluding hydrogens is 273 g/mol. The van der Waals surface area contributed by atoms with Crippen molar-refractivity contribution in [1.82, 2.24) is 0 Å². The number of benzene rings is 2. The van der Waals surface area contributed by atoms with E-state index in [1.54, 1.807) is 12.1 Å². The van der Waals surface area contributed by atoms with Crippen LogP contribution in [-0.2, 0) is 11.6 Å². The first-order valence-corrected chi connectivity index (χ1v) is 7.26. The minimum absolute atomic E-state index is 0.120. The summed E-state index contributed by atoms with van der Waals surface area (Å²) in [5.41, 5.74) is 1.51. The monoisotopic (exact) mass is 290 g/mol. The molecule has 0 radical (unpaired) electrons. The van der Waals surface area contributed by atoms with Gasteiger partial charge in [-0.1, -0.05) is 55.3 Å². The molecule has 0 amide bonds. The van der Waals surface area contributed by atoms with Gasteiger partial charge in [0.15, 0.2) is 0 Å². The molecule has 3 rings (SSSR count). The van der Waals surface area contributed by atoms with Gasteiger partial charge in [-0.05, 0) is 36.1 Å². The van der Waals surface area contributed by atoms with Crippen molar-refractivity contribution < 1.29 is 13.2 Å². The van der Waals surface area contributed by atoms with E-state index in [2.05, 4.69) is 12.1 Å². The van der Waals surface area contributed by atoms with E-state index in [-0.39, 0.29) is 5.41 Å². The van der Waals surface area contributed by atoms with Crippen LogP contribution in [0.25, 0.3) is 0 Å². The van der Waals surface area contributed by atoms with Gasteiger partial charge in [-0.3, -0.25) is 0 Å². The van der Waals surface area contributed by atoms with E-state index in [1.807, 2.05) is 18.2 Å². The second kappa shape index (κ2) is 5.21. The van der Waals surface area contributed by atoms with Gasteiger partial charge in [-0.2, -0.15) is 13.2 Å². The highest BCUT2D eigenvalue weighted by Gasteiger charge is 2.38. The maximum absolute atomic E-state index is 12.7. The van der Waals surface area contributed by atoms with Crippen LogP contribution in [0.1, 0.15) is 42.4 Å². The lowest BCUT2D eigenvalue weighted by Crippen LogP contribution is -2.23. The molecule has 0 saturated heterocycles. The minimum Gasteiger partial charge on any atom is -0.166 e. The summed E-state index contributed by atoms with van der Waals surface area (Å²) in [4.78, 5) is 0. The van der Waals surface area contributed by atoms with Gasteiger partial charge in [0, 0.05) is 5.41 Å². The van der Waals surface area contributed by atoms with Gasteiger partial charge >= 0.3 is 6.18 Å². The van der Waals surface area contributed by atoms with Crippen LogP contribution in [0.15, 0.2) is 54.6 Å². The van der Waals surface area contributed by atoms with Crippen molar-refractivity contribution in [3.05, 3.63) is 71.3 Å². The number of alkyl halides is 3. The van der Waals surface area contributed by atoms with E-state index in [9.17, 15) is 13.2 Å². The zero-order chi connectivity index (χ0) is 14.9. The average Bonchev–Trinajstić information content (AvgIpc) is 2.98. The predicted molar refractivity (Wildman–Crippen MR) is 77.1 cm³/mol. The Kier molecular flexibility index (Phi) is 3.52. The topological polar surface area (TPSA) is 0 Å². The Labute approximate surface area is 122 Å². The van der Waals surface area contributed by atoms with Crippen LogP contribution in [0.3, 0.4) is 0 Å². The molecular formula is C18H17F3. The second-order valence-electron chi connectivity index (χ2n) is 5.73. The summed E-state index contributed by atoms with van der Waals surface area (Å²) in [6.45, 7) is 0. The molecule has 1 saturated carbocycles. The Balaban J connectivity index is 2.03. The van der Waals surface area contributed by atoms with Crippen LogP contribution < -0.4 is 0 Å². The molecule has 0 heterocycles. The molecule has 0 nitrogen and oxygen atoms in total. The summed E-state index contributed by atoms with van der Waals surface area (Å²) >= 11 is 0. The summed E-state index contributed by atoms with van der Waals surface area (Å²) < 4.78 is 38.1. The van der Waals surface area contributed by atoms with Gasteiger partial charge in [0.2, 0.25) is 0 Å². The number of hydrogen-bond acceptors (Lipinski definition) is 0. The Morgan fingerprint density at radius 2 is 1.24 bits per heavy atom. The largest absolute Gasteiger partial charge is 0.416 e. The Hall–Kier alpha value is -1.77. The van der Waals surface area contributed by atoms with Crippen LogP contribution in [-0.4, -0.2) is 0 Å². The SMILES string of the molecule is FC(F)(F)c1ccc(C2(c3ccccc3)CCCC2)cc1. The van der Waals surface area contributed by atoms with Crippen LogP contribution in [0.5, 0.6) is 0 Å². The third-order valence-corrected chi connectivity index (χ3v) is 4.55. The molecule has 1 aliphatic carbocycles. The molecule has 0 unspecified atom stereocenters. The lowest BCUT2D eigenvalue weighted by atomic mass is 9.73. The molecule has 110 valence electrons. The molecule has 0 aromatic heterocycles. The van der Waals surface area contributed by atoms with Gasteiger partial charge in [-0.25, -0.2) is 0 Å². The van der Waals surface area contributed by atoms with Gasteiger partial charge in [-0.15, -0.1) is 0 Å². The minimum atomic E-state index is -4.27. The summed E-state index contributed by atoms with van der Waals surface area (Å²) in [5.74, 6) is 0. The van der Waals surface area contributed by atoms with Crippen LogP contribution >= 0.6 is 0 Å². The fraction of sp³-hybridized carbons (Fsp3) is 0.333. The fourth-order valence-corrected chi connectivity index (χ4v) is 3.46. The molecule has 3 heteroatoms. The van der Waals surface area contributed by atoms with Crippen molar-refractivity contribution in [1.29, 1.82) is 0 Å². The fourth-order valence-electron chi connectivity index (χ4n) is 3.46. The molecule has 0 spiro atoms. The number of rotatable bonds is 2. The molecule has 0 atom stereocenters. The Morgan fingerprint density at radius 3 is 1.76 bits per heavy atom. The molecule has 1 aliphatic rings. The molecule has 2 aromatic carbocycles. The van der Waals surface area contributed by atoms with Crippen molar-refractivity contribution in [3.63, 3.8) is 0 Å². The van der Waals surface area contributed by atoms with Crippen molar-refractivity contribution >= 4 is 0 Å². The quantitative estimate of drug-likeness (QED) is 0.678. The second-order valence-corrected chi connectivity index (χ2v) is 5.73. The molecule has 2 aromatic rings. The van der Waals surface area contributed by atoms with Gasteiger partial charge in [0.1, 0.15) is 0 Å². The van der Waals surface area contributed by atoms with Crippen molar-refractivity contribution in [3.8, 4) is 0 Å². The van der Waals surface area contributed by atoms with Crippen molar-refractivity contribution in [2.75, 3.05) is 0 Å². The summed E-state index contributed by atoms with van der Waals surface area (Å²) in [7, 11) is 0. The zero-order valence-electron chi connectivity index (χ0n) is 11.7. The van der Waals surface area contributed by atoms with Gasteiger partial charge < -0.3 is 0 Å². The summed E-state index contributed by atoms with van der Waals surface area (Å²) in [6, 6.07) is 15.9. The van der Waals surface area contributed by atoms with E-state index < -0.39 is 11.7 Å². The number of halogens is 3. The Bertz CT molecular complexity index is 591. The number of hydrogen-bond donors (Lipinski definition) is 0. The molecule has 0 aliphatic heterocycles. The van der Waals surface area contributed by atoms with Crippen LogP contribution in [0.2, 0.25) is 0 Å². The summed E-state index contributed by atoms with van der Waals surface area (Å²) in [5, 5.41) is 0. The van der Waals surface area contributed by atoms with Crippen molar-refractivity contribution in [2.45, 2.75) is 37.3 Å². The highest BCUT2D eigenvalue weighted by Crippen LogP contribution is 2.46. The highest BCUT2D eigenvalue weighted by atomic mass is 19.4. The van der Waals surface area contributed by atoms with E-state index >= 15 is 0 Å². The highest BCUT2D eigenvalue weighted by molar-refractivity contribution is 5.41. The van der Waals surface area contributed by atoms with Crippen LogP contribution in [0.4, 0.5) is 13.2 Å². The third kappa shape index (κ3) is 2.57. The first-order chi connectivity index (χ1) is 10.0. The third-order valence-electron chi connectivity index (χ3n) is 4.55. The predicted octanol–water partition coefficient (Wildman–Crippen LogP) is 5.57. The van der Waals surface area contributed by atoms with E-state index in [4.69, 9.17) is 0 Å². The smallest absolute Gasteiger partial charge is 0.166 e. The lowest BCUT2D eigenvalue weighted by molar-refractivity contribution is -0.137. The van der Waals surface area contributed by atoms with E-state index in [0.717, 1.165) is 31.2 Å². The summed E-state index contributed by atoms with van der Waals surface area (Å²) in [6.07, 6.45) is -0.0231. The molecule has 0 bridgehead atoms. The van der Waals surface area contributed by atoms with Crippen molar-refractivity contribution in [2.24, 2.45) is 0 Å². The normalized spacial score (nSPS) is 17.9. The first-order valence-electron chi connectivity index (χ1n) is 7.26. The molecule has 1 fully saturated rings. The maximum Gasteiger partial charge on any atom is 0.416 e. The first kappa shape index (κ1) is 14.2. The van der Waals surface area contributed by atoms with Crippen LogP contribution in [0, 0.1) is 0 Å². The van der Waals surface area contributed by atoms with Gasteiger partial charge in [0.05, 0.1) is 5.56 Å². The average molecular weight is 290 g/mol. The molecule has 0 N–H and O–H groups in total. The maximum atomic E-state index is 12.7. The lowest BCUT2D eigenvalue weighted by Gasteiger charge is -2.30.